The maximum Gasteiger partial charge on any atom is 0.166 e. The molecule has 104 valence electrons. The van der Waals surface area contributed by atoms with Gasteiger partial charge in [-0.15, -0.1) is 0 Å². The fraction of sp³-hybridized carbons (Fsp3) is 0.571. The molecule has 2 heterocycles. The molecule has 1 aromatic carbocycles. The van der Waals surface area contributed by atoms with E-state index in [1.807, 2.05) is 6.07 Å². The van der Waals surface area contributed by atoms with Gasteiger partial charge in [0, 0.05) is 44.4 Å². The zero-order valence-corrected chi connectivity index (χ0v) is 11.3. The smallest absolute Gasteiger partial charge is 0.166 e. The van der Waals surface area contributed by atoms with E-state index in [0.29, 0.717) is 13.2 Å². The van der Waals surface area contributed by atoms with Gasteiger partial charge in [0.05, 0.1) is 7.11 Å². The van der Waals surface area contributed by atoms with E-state index < -0.39 is 0 Å². The van der Waals surface area contributed by atoms with Gasteiger partial charge in [0.15, 0.2) is 11.5 Å². The highest BCUT2D eigenvalue weighted by Crippen LogP contribution is 2.38. The Morgan fingerprint density at radius 2 is 2.00 bits per heavy atom. The van der Waals surface area contributed by atoms with Crippen molar-refractivity contribution in [3.63, 3.8) is 0 Å². The first-order chi connectivity index (χ1) is 9.36. The summed E-state index contributed by atoms with van der Waals surface area (Å²) in [6, 6.07) is 3.95. The van der Waals surface area contributed by atoms with Crippen LogP contribution >= 0.6 is 0 Å². The molecule has 5 nitrogen and oxygen atoms in total. The number of ether oxygens (including phenoxy) is 3. The zero-order chi connectivity index (χ0) is 13.1. The lowest BCUT2D eigenvalue weighted by Gasteiger charge is -2.29. The molecule has 0 aromatic heterocycles. The predicted octanol–water partition coefficient (Wildman–Crippen LogP) is 0.872. The van der Waals surface area contributed by atoms with Crippen molar-refractivity contribution in [1.82, 2.24) is 10.2 Å². The minimum absolute atomic E-state index is 0.604. The summed E-state index contributed by atoms with van der Waals surface area (Å²) in [5.41, 5.74) is 1.15. The van der Waals surface area contributed by atoms with E-state index >= 15 is 0 Å². The van der Waals surface area contributed by atoms with E-state index in [0.717, 1.165) is 55.5 Å². The molecule has 0 bridgehead atoms. The Hall–Kier alpha value is -1.46. The van der Waals surface area contributed by atoms with E-state index in [2.05, 4.69) is 16.3 Å². The second-order valence-electron chi connectivity index (χ2n) is 4.84. The number of fused-ring (bicyclic) bond motifs is 1. The Labute approximate surface area is 113 Å². The maximum atomic E-state index is 5.77. The molecular weight excluding hydrogens is 244 g/mol. The van der Waals surface area contributed by atoms with Crippen LogP contribution in [0.3, 0.4) is 0 Å². The van der Waals surface area contributed by atoms with Crippen LogP contribution < -0.4 is 19.5 Å². The fourth-order valence-corrected chi connectivity index (χ4v) is 2.54. The summed E-state index contributed by atoms with van der Waals surface area (Å²) < 4.78 is 16.8. The molecule has 0 radical (unpaired) electrons. The number of benzene rings is 1. The number of rotatable bonds is 3. The van der Waals surface area contributed by atoms with Crippen LogP contribution in [0.2, 0.25) is 0 Å². The van der Waals surface area contributed by atoms with Crippen molar-refractivity contribution in [2.45, 2.75) is 6.54 Å². The van der Waals surface area contributed by atoms with Crippen LogP contribution in [-0.2, 0) is 6.54 Å². The quantitative estimate of drug-likeness (QED) is 0.877. The molecule has 0 spiro atoms. The number of hydrogen-bond donors (Lipinski definition) is 1. The van der Waals surface area contributed by atoms with Crippen molar-refractivity contribution in [2.75, 3.05) is 46.5 Å². The van der Waals surface area contributed by atoms with Gasteiger partial charge in [-0.1, -0.05) is 0 Å². The largest absolute Gasteiger partial charge is 0.497 e. The van der Waals surface area contributed by atoms with Crippen LogP contribution in [0.1, 0.15) is 5.56 Å². The summed E-state index contributed by atoms with van der Waals surface area (Å²) in [7, 11) is 1.68. The normalized spacial score (nSPS) is 19.2. The van der Waals surface area contributed by atoms with Gasteiger partial charge in [-0.05, 0) is 6.07 Å². The topological polar surface area (TPSA) is 43.0 Å². The van der Waals surface area contributed by atoms with Gasteiger partial charge >= 0.3 is 0 Å². The molecule has 0 amide bonds. The molecule has 0 saturated carbocycles. The van der Waals surface area contributed by atoms with Crippen molar-refractivity contribution in [3.8, 4) is 17.2 Å². The van der Waals surface area contributed by atoms with Crippen LogP contribution in [0, 0.1) is 0 Å². The molecule has 0 atom stereocenters. The Morgan fingerprint density at radius 3 is 2.79 bits per heavy atom. The number of nitrogens with zero attached hydrogens (tertiary/aromatic N) is 1. The Morgan fingerprint density at radius 1 is 1.21 bits per heavy atom. The third-order valence-corrected chi connectivity index (χ3v) is 3.53. The fourth-order valence-electron chi connectivity index (χ4n) is 2.54. The highest BCUT2D eigenvalue weighted by molar-refractivity contribution is 5.52. The number of piperazine rings is 1. The van der Waals surface area contributed by atoms with E-state index in [1.54, 1.807) is 7.11 Å². The van der Waals surface area contributed by atoms with E-state index in [9.17, 15) is 0 Å². The molecular formula is C14H20N2O3. The standard InChI is InChI=1S/C14H20N2O3/c1-17-12-8-11(10-16-4-2-15-3-5-16)14-13(9-12)18-6-7-19-14/h8-9,15H,2-7,10H2,1H3. The molecule has 0 unspecified atom stereocenters. The highest BCUT2D eigenvalue weighted by Gasteiger charge is 2.20. The lowest BCUT2D eigenvalue weighted by Crippen LogP contribution is -2.43. The van der Waals surface area contributed by atoms with Crippen LogP contribution in [-0.4, -0.2) is 51.4 Å². The highest BCUT2D eigenvalue weighted by atomic mass is 16.6. The molecule has 5 heteroatoms. The summed E-state index contributed by atoms with van der Waals surface area (Å²) in [6.07, 6.45) is 0. The summed E-state index contributed by atoms with van der Waals surface area (Å²) in [5, 5.41) is 3.36. The van der Waals surface area contributed by atoms with Crippen LogP contribution in [0.4, 0.5) is 0 Å². The molecule has 1 aromatic rings. The molecule has 1 saturated heterocycles. The molecule has 1 N–H and O–H groups in total. The van der Waals surface area contributed by atoms with Crippen LogP contribution in [0.25, 0.3) is 0 Å². The Bertz CT molecular complexity index is 445. The maximum absolute atomic E-state index is 5.77. The second kappa shape index (κ2) is 5.67. The summed E-state index contributed by atoms with van der Waals surface area (Å²) in [5.74, 6) is 2.51. The minimum Gasteiger partial charge on any atom is -0.497 e. The molecule has 2 aliphatic heterocycles. The first-order valence-corrected chi connectivity index (χ1v) is 6.76. The first-order valence-electron chi connectivity index (χ1n) is 6.76. The van der Waals surface area contributed by atoms with Gasteiger partial charge in [0.2, 0.25) is 0 Å². The molecule has 1 fully saturated rings. The average Bonchev–Trinajstić information content (AvgIpc) is 2.48. The van der Waals surface area contributed by atoms with Crippen molar-refractivity contribution in [2.24, 2.45) is 0 Å². The number of nitrogens with one attached hydrogen (secondary N) is 1. The van der Waals surface area contributed by atoms with Gasteiger partial charge in [-0.2, -0.15) is 0 Å². The minimum atomic E-state index is 0.604. The van der Waals surface area contributed by atoms with E-state index in [4.69, 9.17) is 14.2 Å². The molecule has 0 aliphatic carbocycles. The van der Waals surface area contributed by atoms with Gasteiger partial charge in [0.25, 0.3) is 0 Å². The van der Waals surface area contributed by atoms with Crippen LogP contribution in [0.5, 0.6) is 17.2 Å². The van der Waals surface area contributed by atoms with Gasteiger partial charge < -0.3 is 19.5 Å². The number of methoxy groups -OCH3 is 1. The lowest BCUT2D eigenvalue weighted by molar-refractivity contribution is 0.164. The van der Waals surface area contributed by atoms with Crippen molar-refractivity contribution in [3.05, 3.63) is 17.7 Å². The first kappa shape index (κ1) is 12.6. The monoisotopic (exact) mass is 264 g/mol. The average molecular weight is 264 g/mol. The molecule has 19 heavy (non-hydrogen) atoms. The second-order valence-corrected chi connectivity index (χ2v) is 4.84. The molecule has 2 aliphatic rings. The van der Waals surface area contributed by atoms with E-state index in [1.165, 1.54) is 0 Å². The SMILES string of the molecule is COc1cc(CN2CCNCC2)c2c(c1)OCCO2. The third-order valence-electron chi connectivity index (χ3n) is 3.53. The van der Waals surface area contributed by atoms with Crippen molar-refractivity contribution in [1.29, 1.82) is 0 Å². The Kier molecular flexibility index (Phi) is 3.75. The van der Waals surface area contributed by atoms with Crippen molar-refractivity contribution < 1.29 is 14.2 Å². The summed E-state index contributed by atoms with van der Waals surface area (Å²) >= 11 is 0. The molecule has 3 rings (SSSR count). The summed E-state index contributed by atoms with van der Waals surface area (Å²) in [4.78, 5) is 2.42. The van der Waals surface area contributed by atoms with E-state index in [-0.39, 0.29) is 0 Å². The predicted molar refractivity (Wildman–Crippen MR) is 72.1 cm³/mol. The zero-order valence-electron chi connectivity index (χ0n) is 11.3. The van der Waals surface area contributed by atoms with Gasteiger partial charge in [0.1, 0.15) is 19.0 Å². The lowest BCUT2D eigenvalue weighted by atomic mass is 10.1. The van der Waals surface area contributed by atoms with Gasteiger partial charge in [-0.25, -0.2) is 0 Å². The van der Waals surface area contributed by atoms with Crippen molar-refractivity contribution >= 4 is 0 Å². The van der Waals surface area contributed by atoms with Gasteiger partial charge in [-0.3, -0.25) is 4.90 Å². The summed E-state index contributed by atoms with van der Waals surface area (Å²) in [6.45, 7) is 6.32. The third kappa shape index (κ3) is 2.77. The Balaban J connectivity index is 1.85. The number of hydrogen-bond acceptors (Lipinski definition) is 5. The van der Waals surface area contributed by atoms with Crippen LogP contribution in [0.15, 0.2) is 12.1 Å².